The van der Waals surface area contributed by atoms with Gasteiger partial charge >= 0.3 is 0 Å². The van der Waals surface area contributed by atoms with Gasteiger partial charge in [0.1, 0.15) is 0 Å². The highest BCUT2D eigenvalue weighted by atomic mass is 15.2. The first-order valence-electron chi connectivity index (χ1n) is 37.2. The Kier molecular flexibility index (Phi) is 14.3. The largest absolute Gasteiger partial charge is 0.311 e. The number of benzene rings is 16. The molecular formula is C100H89BN2. The second-order valence-corrected chi connectivity index (χ2v) is 35.1. The standard InChI is InChI=1S/C100H89BN2/c1-96(2,3)74-38-30-64(31-39-74)71-56-89-95-90(57-71)103(80-42-34-63(35-43-80)61-24-20-17-21-25-61)88-45-37-66(82-53-73-51-76(98(7,8)9)47-68-27-29-70-49-78(100(13,14)15)59-84(82)94(70)92(68)73)55-86(88)101(95)85-54-65(36-44-87(85)102(89)79-40-32-62(33-41-79)60-22-18-16-19-23-60)81-52-72-50-75(97(4,5)6)46-67-26-28-69-48-77(99(10,11)12)58-83(81)93(69)91(67)72/h16-59H,1-15H3. The maximum Gasteiger partial charge on any atom is 0.252 e. The van der Waals surface area contributed by atoms with Crippen molar-refractivity contribution in [1.82, 2.24) is 0 Å². The first-order chi connectivity index (χ1) is 49.2. The van der Waals surface area contributed by atoms with Crippen molar-refractivity contribution in [3.05, 3.63) is 295 Å². The van der Waals surface area contributed by atoms with E-state index in [-0.39, 0.29) is 33.8 Å². The lowest BCUT2D eigenvalue weighted by Gasteiger charge is -2.45. The van der Waals surface area contributed by atoms with Gasteiger partial charge < -0.3 is 9.80 Å². The topological polar surface area (TPSA) is 6.48 Å². The van der Waals surface area contributed by atoms with E-state index in [0.717, 1.165) is 11.4 Å². The first-order valence-corrected chi connectivity index (χ1v) is 37.2. The number of fused-ring (bicyclic) bond motifs is 4. The van der Waals surface area contributed by atoms with Gasteiger partial charge in [0.15, 0.2) is 0 Å². The quantitative estimate of drug-likeness (QED) is 0.116. The molecule has 0 spiro atoms. The lowest BCUT2D eigenvalue weighted by atomic mass is 9.33. The lowest BCUT2D eigenvalue weighted by Crippen LogP contribution is -2.61. The number of hydrogen-bond donors (Lipinski definition) is 0. The van der Waals surface area contributed by atoms with E-state index in [1.807, 2.05) is 0 Å². The fourth-order valence-electron chi connectivity index (χ4n) is 17.1. The predicted octanol–water partition coefficient (Wildman–Crippen LogP) is 26.4. The molecule has 0 fully saturated rings. The molecular weight excluding hydrogens is 1240 g/mol. The van der Waals surface area contributed by atoms with Gasteiger partial charge in [-0.2, -0.15) is 0 Å². The van der Waals surface area contributed by atoms with E-state index in [4.69, 9.17) is 0 Å². The van der Waals surface area contributed by atoms with Gasteiger partial charge in [0.2, 0.25) is 0 Å². The van der Waals surface area contributed by atoms with Crippen molar-refractivity contribution < 1.29 is 0 Å². The van der Waals surface area contributed by atoms with Gasteiger partial charge in [0.25, 0.3) is 6.71 Å². The minimum Gasteiger partial charge on any atom is -0.311 e. The summed E-state index contributed by atoms with van der Waals surface area (Å²) in [5.41, 5.74) is 29.2. The van der Waals surface area contributed by atoms with Crippen LogP contribution in [0.2, 0.25) is 0 Å². The monoisotopic (exact) mass is 1330 g/mol. The Morgan fingerprint density at radius 3 is 0.903 bits per heavy atom. The van der Waals surface area contributed by atoms with Crippen LogP contribution < -0.4 is 26.2 Å². The average molecular weight is 1330 g/mol. The van der Waals surface area contributed by atoms with Crippen molar-refractivity contribution in [2.24, 2.45) is 0 Å². The van der Waals surface area contributed by atoms with Crippen LogP contribution in [0.3, 0.4) is 0 Å². The average Bonchev–Trinajstić information content (AvgIpc) is 0.698. The lowest BCUT2D eigenvalue weighted by molar-refractivity contribution is 0.590. The maximum atomic E-state index is 2.62. The van der Waals surface area contributed by atoms with Gasteiger partial charge in [-0.1, -0.05) is 298 Å². The van der Waals surface area contributed by atoms with Crippen LogP contribution in [0.15, 0.2) is 267 Å². The van der Waals surface area contributed by atoms with Crippen LogP contribution in [0.5, 0.6) is 0 Å². The van der Waals surface area contributed by atoms with E-state index in [9.17, 15) is 0 Å². The van der Waals surface area contributed by atoms with Crippen molar-refractivity contribution in [3.8, 4) is 55.6 Å². The maximum absolute atomic E-state index is 2.62. The van der Waals surface area contributed by atoms with Gasteiger partial charge in [-0.05, 0) is 264 Å². The normalized spacial score (nSPS) is 13.5. The third kappa shape index (κ3) is 10.7. The molecule has 0 bridgehead atoms. The van der Waals surface area contributed by atoms with E-state index in [2.05, 4.69) is 381 Å². The van der Waals surface area contributed by atoms with E-state index in [1.54, 1.807) is 0 Å². The molecule has 2 aliphatic rings. The first kappa shape index (κ1) is 64.4. The highest BCUT2D eigenvalue weighted by molar-refractivity contribution is 7.00. The summed E-state index contributed by atoms with van der Waals surface area (Å²) in [6, 6.07) is 104. The van der Waals surface area contributed by atoms with Gasteiger partial charge in [-0.15, -0.1) is 0 Å². The van der Waals surface area contributed by atoms with E-state index < -0.39 is 0 Å². The Morgan fingerprint density at radius 1 is 0.223 bits per heavy atom. The Morgan fingerprint density at radius 2 is 0.534 bits per heavy atom. The number of hydrogen-bond acceptors (Lipinski definition) is 2. The number of rotatable bonds is 7. The molecule has 0 unspecified atom stereocenters. The molecule has 2 heterocycles. The molecule has 502 valence electrons. The van der Waals surface area contributed by atoms with Crippen LogP contribution in [0.25, 0.3) is 120 Å². The molecule has 2 aliphatic heterocycles. The molecule has 0 aromatic heterocycles. The molecule has 0 radical (unpaired) electrons. The molecule has 3 heteroatoms. The van der Waals surface area contributed by atoms with Crippen molar-refractivity contribution in [3.63, 3.8) is 0 Å². The molecule has 0 saturated carbocycles. The smallest absolute Gasteiger partial charge is 0.252 e. The van der Waals surface area contributed by atoms with Crippen LogP contribution in [0.1, 0.15) is 132 Å². The molecule has 18 rings (SSSR count). The van der Waals surface area contributed by atoms with Crippen molar-refractivity contribution in [1.29, 1.82) is 0 Å². The summed E-state index contributed by atoms with van der Waals surface area (Å²) in [7, 11) is 0. The van der Waals surface area contributed by atoms with Crippen LogP contribution in [-0.4, -0.2) is 6.71 Å². The zero-order valence-electron chi connectivity index (χ0n) is 62.4. The van der Waals surface area contributed by atoms with Crippen LogP contribution in [-0.2, 0) is 27.1 Å². The highest BCUT2D eigenvalue weighted by Gasteiger charge is 2.45. The van der Waals surface area contributed by atoms with Crippen LogP contribution >= 0.6 is 0 Å². The summed E-state index contributed by atoms with van der Waals surface area (Å²) < 4.78 is 0. The fourth-order valence-corrected chi connectivity index (χ4v) is 17.1. The summed E-state index contributed by atoms with van der Waals surface area (Å²) >= 11 is 0. The molecule has 16 aromatic rings. The van der Waals surface area contributed by atoms with E-state index in [0.29, 0.717) is 0 Å². The summed E-state index contributed by atoms with van der Waals surface area (Å²) in [6.07, 6.45) is 0. The van der Waals surface area contributed by atoms with Crippen molar-refractivity contribution in [2.75, 3.05) is 9.80 Å². The zero-order chi connectivity index (χ0) is 71.1. The zero-order valence-corrected chi connectivity index (χ0v) is 62.4. The van der Waals surface area contributed by atoms with Crippen LogP contribution in [0, 0.1) is 0 Å². The van der Waals surface area contributed by atoms with E-state index >= 15 is 0 Å². The third-order valence-corrected chi connectivity index (χ3v) is 23.0. The van der Waals surface area contributed by atoms with Crippen LogP contribution in [0.4, 0.5) is 34.1 Å². The molecule has 103 heavy (non-hydrogen) atoms. The predicted molar refractivity (Wildman–Crippen MR) is 449 cm³/mol. The van der Waals surface area contributed by atoms with Crippen molar-refractivity contribution in [2.45, 2.75) is 131 Å². The number of nitrogens with zero attached hydrogens (tertiary/aromatic N) is 2. The molecule has 0 aliphatic carbocycles. The molecule has 0 saturated heterocycles. The third-order valence-electron chi connectivity index (χ3n) is 23.0. The molecule has 0 N–H and O–H groups in total. The minimum absolute atomic E-state index is 0.00748. The second kappa shape index (κ2) is 22.9. The Bertz CT molecular complexity index is 5740. The summed E-state index contributed by atoms with van der Waals surface area (Å²) in [5.74, 6) is 0. The SMILES string of the molecule is CC(C)(C)c1ccc(-c2cc3c4c(c2)N(c2ccc(-c5ccccc5)cc2)c2ccc(-c5cc6cc(C(C)(C)C)cc7ccc8cc(C(C)(C)C)cc5c8c76)cc2B4c2cc(-c4cc5cc(C(C)(C)C)cc6ccc7cc(C(C)(C)C)cc4c7c65)ccc2N3c2ccc(-c3ccccc3)cc2)cc1. The van der Waals surface area contributed by atoms with Gasteiger partial charge in [-0.3, -0.25) is 0 Å². The molecule has 0 amide bonds. The highest BCUT2D eigenvalue weighted by Crippen LogP contribution is 2.52. The summed E-state index contributed by atoms with van der Waals surface area (Å²) in [5, 5.41) is 15.7. The Balaban J connectivity index is 0.967. The Labute approximate surface area is 609 Å². The van der Waals surface area contributed by atoms with Crippen molar-refractivity contribution >= 4 is 122 Å². The molecule has 0 atom stereocenters. The second-order valence-electron chi connectivity index (χ2n) is 35.1. The van der Waals surface area contributed by atoms with Gasteiger partial charge in [0, 0.05) is 34.1 Å². The van der Waals surface area contributed by atoms with Gasteiger partial charge in [0.05, 0.1) is 0 Å². The number of anilines is 6. The van der Waals surface area contributed by atoms with Gasteiger partial charge in [-0.25, -0.2) is 0 Å². The van der Waals surface area contributed by atoms with E-state index in [1.165, 1.54) is 187 Å². The summed E-state index contributed by atoms with van der Waals surface area (Å²) in [4.78, 5) is 5.23. The summed E-state index contributed by atoms with van der Waals surface area (Å²) in [6.45, 7) is 35.0. The fraction of sp³-hybridized carbons (Fsp3) is 0.200. The molecule has 2 nitrogen and oxygen atoms in total. The Hall–Kier alpha value is -10.7. The minimum atomic E-state index is -0.214. The molecule has 16 aromatic carbocycles.